The van der Waals surface area contributed by atoms with E-state index in [1.165, 1.54) is 0 Å². The highest BCUT2D eigenvalue weighted by Crippen LogP contribution is 2.23. The van der Waals surface area contributed by atoms with E-state index < -0.39 is 0 Å². The number of hydrogen-bond donors (Lipinski definition) is 1. The van der Waals surface area contributed by atoms with E-state index in [9.17, 15) is 4.79 Å². The van der Waals surface area contributed by atoms with Gasteiger partial charge in [-0.05, 0) is 22.0 Å². The molecule has 7 heteroatoms. The normalized spacial score (nSPS) is 18.8. The second kappa shape index (κ2) is 5.95. The number of nitrogens with zero attached hydrogens (tertiary/aromatic N) is 4. The molecule has 0 aliphatic carbocycles. The summed E-state index contributed by atoms with van der Waals surface area (Å²) in [7, 11) is 1.94. The van der Waals surface area contributed by atoms with E-state index in [2.05, 4.69) is 31.2 Å². The number of piperazine rings is 1. The molecule has 1 aliphatic heterocycles. The van der Waals surface area contributed by atoms with E-state index in [0.29, 0.717) is 18.7 Å². The van der Waals surface area contributed by atoms with Crippen LogP contribution < -0.4 is 5.32 Å². The number of halogens is 1. The molecule has 3 heterocycles. The summed E-state index contributed by atoms with van der Waals surface area (Å²) < 4.78 is 2.76. The maximum Gasteiger partial charge on any atom is 0.256 e. The van der Waals surface area contributed by atoms with Crippen LogP contribution in [0.5, 0.6) is 0 Å². The second-order valence-corrected chi connectivity index (χ2v) is 5.92. The predicted molar refractivity (Wildman–Crippen MR) is 81.8 cm³/mol. The second-order valence-electron chi connectivity index (χ2n) is 5.01. The molecule has 0 aromatic carbocycles. The molecule has 110 valence electrons. The number of rotatable bonds is 2. The Labute approximate surface area is 131 Å². The number of nitrogens with one attached hydrogen (secondary N) is 1. The van der Waals surface area contributed by atoms with E-state index in [4.69, 9.17) is 0 Å². The smallest absolute Gasteiger partial charge is 0.256 e. The molecule has 1 aliphatic rings. The number of carbonyl (C=O) groups is 1. The molecule has 1 fully saturated rings. The Kier molecular flexibility index (Phi) is 4.03. The van der Waals surface area contributed by atoms with Crippen LogP contribution in [0.2, 0.25) is 0 Å². The molecule has 1 atom stereocenters. The Morgan fingerprint density at radius 2 is 2.33 bits per heavy atom. The summed E-state index contributed by atoms with van der Waals surface area (Å²) in [5.74, 6) is 0.872. The van der Waals surface area contributed by atoms with Gasteiger partial charge < -0.3 is 14.8 Å². The first-order chi connectivity index (χ1) is 10.2. The number of amides is 1. The van der Waals surface area contributed by atoms with Gasteiger partial charge in [0, 0.05) is 55.9 Å². The quantitative estimate of drug-likeness (QED) is 0.889. The third-order valence-corrected chi connectivity index (χ3v) is 4.05. The lowest BCUT2D eigenvalue weighted by Gasteiger charge is -2.35. The fourth-order valence-electron chi connectivity index (χ4n) is 2.57. The van der Waals surface area contributed by atoms with Crippen LogP contribution in [0.3, 0.4) is 0 Å². The number of aryl methyl sites for hydroxylation is 1. The molecule has 0 radical (unpaired) electrons. The van der Waals surface area contributed by atoms with Crippen LogP contribution in [0, 0.1) is 0 Å². The van der Waals surface area contributed by atoms with Gasteiger partial charge in [0.25, 0.3) is 5.91 Å². The van der Waals surface area contributed by atoms with Crippen molar-refractivity contribution in [2.45, 2.75) is 6.04 Å². The average Bonchev–Trinajstić information content (AvgIpc) is 2.92. The molecule has 2 aromatic heterocycles. The molecule has 21 heavy (non-hydrogen) atoms. The highest BCUT2D eigenvalue weighted by Gasteiger charge is 2.31. The van der Waals surface area contributed by atoms with Crippen molar-refractivity contribution >= 4 is 21.8 Å². The van der Waals surface area contributed by atoms with E-state index in [-0.39, 0.29) is 11.9 Å². The Morgan fingerprint density at radius 3 is 3.05 bits per heavy atom. The van der Waals surface area contributed by atoms with Crippen molar-refractivity contribution in [2.24, 2.45) is 7.05 Å². The zero-order chi connectivity index (χ0) is 14.8. The fraction of sp³-hybridized carbons (Fsp3) is 0.357. The van der Waals surface area contributed by atoms with Gasteiger partial charge in [-0.25, -0.2) is 4.98 Å². The molecule has 1 unspecified atom stereocenters. The third-order valence-electron chi connectivity index (χ3n) is 3.61. The molecule has 0 saturated carbocycles. The summed E-state index contributed by atoms with van der Waals surface area (Å²) in [6, 6.07) is 1.73. The Bertz CT molecular complexity index is 656. The minimum atomic E-state index is -0.0646. The van der Waals surface area contributed by atoms with Gasteiger partial charge in [-0.2, -0.15) is 0 Å². The zero-order valence-corrected chi connectivity index (χ0v) is 13.2. The van der Waals surface area contributed by atoms with Crippen molar-refractivity contribution in [3.05, 3.63) is 46.7 Å². The van der Waals surface area contributed by atoms with Crippen molar-refractivity contribution in [3.63, 3.8) is 0 Å². The Hall–Kier alpha value is -1.73. The molecule has 3 rings (SSSR count). The summed E-state index contributed by atoms with van der Waals surface area (Å²) in [4.78, 5) is 23.1. The topological polar surface area (TPSA) is 63.1 Å². The largest absolute Gasteiger partial charge is 0.336 e. The highest BCUT2D eigenvalue weighted by atomic mass is 79.9. The lowest BCUT2D eigenvalue weighted by atomic mass is 10.1. The maximum atomic E-state index is 12.8. The van der Waals surface area contributed by atoms with Gasteiger partial charge in [0.1, 0.15) is 11.9 Å². The molecule has 1 N–H and O–H groups in total. The average molecular weight is 350 g/mol. The lowest BCUT2D eigenvalue weighted by Crippen LogP contribution is -2.49. The van der Waals surface area contributed by atoms with Gasteiger partial charge >= 0.3 is 0 Å². The summed E-state index contributed by atoms with van der Waals surface area (Å²) in [5, 5.41) is 3.33. The van der Waals surface area contributed by atoms with Gasteiger partial charge in [0.2, 0.25) is 0 Å². The van der Waals surface area contributed by atoms with Crippen LogP contribution in [0.4, 0.5) is 0 Å². The van der Waals surface area contributed by atoms with Crippen molar-refractivity contribution in [3.8, 4) is 0 Å². The first-order valence-electron chi connectivity index (χ1n) is 6.76. The highest BCUT2D eigenvalue weighted by molar-refractivity contribution is 9.10. The van der Waals surface area contributed by atoms with Gasteiger partial charge in [0.05, 0.1) is 5.56 Å². The molecule has 1 amide bonds. The van der Waals surface area contributed by atoms with Crippen LogP contribution in [0.15, 0.2) is 35.3 Å². The number of carbonyl (C=O) groups excluding carboxylic acids is 1. The Morgan fingerprint density at radius 1 is 1.48 bits per heavy atom. The van der Waals surface area contributed by atoms with E-state index in [0.717, 1.165) is 16.8 Å². The minimum Gasteiger partial charge on any atom is -0.336 e. The first kappa shape index (κ1) is 14.2. The van der Waals surface area contributed by atoms with Gasteiger partial charge in [-0.15, -0.1) is 0 Å². The van der Waals surface area contributed by atoms with Crippen molar-refractivity contribution in [1.29, 1.82) is 0 Å². The number of pyridine rings is 1. The van der Waals surface area contributed by atoms with Crippen LogP contribution in [-0.4, -0.2) is 45.0 Å². The monoisotopic (exact) mass is 349 g/mol. The third kappa shape index (κ3) is 2.84. The number of aromatic nitrogens is 3. The summed E-state index contributed by atoms with van der Waals surface area (Å²) >= 11 is 3.36. The van der Waals surface area contributed by atoms with Gasteiger partial charge in [-0.3, -0.25) is 9.78 Å². The van der Waals surface area contributed by atoms with Crippen LogP contribution in [-0.2, 0) is 7.05 Å². The van der Waals surface area contributed by atoms with Crippen molar-refractivity contribution in [2.75, 3.05) is 19.6 Å². The minimum absolute atomic E-state index is 0.0155. The standard InChI is InChI=1S/C14H16BrN5O/c1-19-4-3-18-13(19)12-9-16-2-5-20(12)14(21)10-6-11(15)8-17-7-10/h3-4,6-8,12,16H,2,5,9H2,1H3. The SMILES string of the molecule is Cn1ccnc1C1CNCCN1C(=O)c1cncc(Br)c1. The number of imidazole rings is 1. The zero-order valence-electron chi connectivity index (χ0n) is 11.7. The fourth-order valence-corrected chi connectivity index (χ4v) is 2.94. The molecule has 0 spiro atoms. The Balaban J connectivity index is 1.91. The van der Waals surface area contributed by atoms with E-state index in [1.807, 2.05) is 22.7 Å². The summed E-state index contributed by atoms with van der Waals surface area (Å²) in [6.45, 7) is 2.15. The summed E-state index contributed by atoms with van der Waals surface area (Å²) in [5.41, 5.74) is 0.588. The van der Waals surface area contributed by atoms with Crippen molar-refractivity contribution < 1.29 is 4.79 Å². The molecule has 2 aromatic rings. The van der Waals surface area contributed by atoms with E-state index >= 15 is 0 Å². The molecule has 1 saturated heterocycles. The molecule has 6 nitrogen and oxygen atoms in total. The van der Waals surface area contributed by atoms with Crippen LogP contribution in [0.1, 0.15) is 22.2 Å². The van der Waals surface area contributed by atoms with Crippen LogP contribution >= 0.6 is 15.9 Å². The molecular weight excluding hydrogens is 334 g/mol. The van der Waals surface area contributed by atoms with E-state index in [1.54, 1.807) is 24.7 Å². The summed E-state index contributed by atoms with van der Waals surface area (Å²) in [6.07, 6.45) is 6.93. The predicted octanol–water partition coefficient (Wildman–Crippen LogP) is 1.36. The molecule has 0 bridgehead atoms. The van der Waals surface area contributed by atoms with Crippen LogP contribution in [0.25, 0.3) is 0 Å². The van der Waals surface area contributed by atoms with Crippen molar-refractivity contribution in [1.82, 2.24) is 24.8 Å². The number of hydrogen-bond acceptors (Lipinski definition) is 4. The van der Waals surface area contributed by atoms with Gasteiger partial charge in [0.15, 0.2) is 0 Å². The lowest BCUT2D eigenvalue weighted by molar-refractivity contribution is 0.0620. The molecular formula is C14H16BrN5O. The maximum absolute atomic E-state index is 12.8. The van der Waals surface area contributed by atoms with Gasteiger partial charge in [-0.1, -0.05) is 0 Å². The first-order valence-corrected chi connectivity index (χ1v) is 7.55.